The Bertz CT molecular complexity index is 1000. The second-order valence-corrected chi connectivity index (χ2v) is 4.84. The third kappa shape index (κ3) is 2.12. The van der Waals surface area contributed by atoms with Crippen LogP contribution in [-0.2, 0) is 0 Å². The molecule has 4 rings (SSSR count). The number of fused-ring (bicyclic) bond motifs is 2. The van der Waals surface area contributed by atoms with Gasteiger partial charge in [0.1, 0.15) is 11.4 Å². The summed E-state index contributed by atoms with van der Waals surface area (Å²) in [5.74, 6) is 0.0511. The summed E-state index contributed by atoms with van der Waals surface area (Å²) in [7, 11) is 0. The molecule has 0 aliphatic heterocycles. The Kier molecular flexibility index (Phi) is 3.35. The minimum atomic E-state index is -0.245. The first-order valence-corrected chi connectivity index (χ1v) is 6.51. The lowest BCUT2D eigenvalue weighted by molar-refractivity contribution is 0.480. The number of nitrogens with zero attached hydrogens (tertiary/aromatic N) is 2. The van der Waals surface area contributed by atoms with Gasteiger partial charge in [-0.25, -0.2) is 4.98 Å². The number of H-pyrrole nitrogens is 1. The number of hydrogen-bond donors (Lipinski definition) is 2. The molecule has 2 N–H and O–H groups in total. The molecule has 0 unspecified atom stereocenters. The molecule has 0 spiro atoms. The van der Waals surface area contributed by atoms with E-state index in [1.54, 1.807) is 18.2 Å². The summed E-state index contributed by atoms with van der Waals surface area (Å²) in [5, 5.41) is 10.7. The lowest BCUT2D eigenvalue weighted by Gasteiger charge is -2.05. The molecule has 0 fully saturated rings. The van der Waals surface area contributed by atoms with Gasteiger partial charge >= 0.3 is 0 Å². The molecule has 0 saturated carbocycles. The highest BCUT2D eigenvalue weighted by molar-refractivity contribution is 5.96. The number of imidazole rings is 1. The first-order valence-electron chi connectivity index (χ1n) is 6.51. The predicted molar refractivity (Wildman–Crippen MR) is 87.7 cm³/mol. The summed E-state index contributed by atoms with van der Waals surface area (Å²) in [4.78, 5) is 18.7. The van der Waals surface area contributed by atoms with E-state index in [0.29, 0.717) is 5.52 Å². The Hall–Kier alpha value is -2.79. The van der Waals surface area contributed by atoms with Gasteiger partial charge in [0.05, 0.1) is 11.2 Å². The van der Waals surface area contributed by atoms with Gasteiger partial charge in [-0.2, -0.15) is 0 Å². The monoisotopic (exact) mass is 313 g/mol. The van der Waals surface area contributed by atoms with Crippen molar-refractivity contribution < 1.29 is 5.11 Å². The van der Waals surface area contributed by atoms with Crippen molar-refractivity contribution in [3.05, 3.63) is 65.2 Å². The fourth-order valence-electron chi connectivity index (χ4n) is 2.52. The maximum Gasteiger partial charge on any atom is 0.248 e. The van der Waals surface area contributed by atoms with E-state index in [1.807, 2.05) is 35.0 Å². The zero-order chi connectivity index (χ0) is 14.4. The second kappa shape index (κ2) is 5.20. The summed E-state index contributed by atoms with van der Waals surface area (Å²) in [5.41, 5.74) is 2.68. The molecule has 0 bridgehead atoms. The topological polar surface area (TPSA) is 70.4 Å². The van der Waals surface area contributed by atoms with Crippen LogP contribution in [0.2, 0.25) is 0 Å². The van der Waals surface area contributed by atoms with Crippen LogP contribution in [-0.4, -0.2) is 19.5 Å². The lowest BCUT2D eigenvalue weighted by atomic mass is 10.1. The van der Waals surface area contributed by atoms with E-state index < -0.39 is 0 Å². The van der Waals surface area contributed by atoms with E-state index in [1.165, 1.54) is 6.07 Å². The van der Waals surface area contributed by atoms with Crippen molar-refractivity contribution in [2.45, 2.75) is 0 Å². The normalized spacial score (nSPS) is 10.7. The molecular weight excluding hydrogens is 302 g/mol. The van der Waals surface area contributed by atoms with Gasteiger partial charge in [-0.3, -0.25) is 4.79 Å². The molecule has 3 heterocycles. The number of hydrogen-bond acceptors (Lipinski definition) is 3. The largest absolute Gasteiger partial charge is 0.506 e. The number of aromatic hydroxyl groups is 1. The predicted octanol–water partition coefficient (Wildman–Crippen LogP) is 2.97. The Labute approximate surface area is 131 Å². The summed E-state index contributed by atoms with van der Waals surface area (Å²) < 4.78 is 1.93. The van der Waals surface area contributed by atoms with Gasteiger partial charge in [-0.15, -0.1) is 12.4 Å². The Morgan fingerprint density at radius 2 is 1.95 bits per heavy atom. The van der Waals surface area contributed by atoms with Crippen LogP contribution in [0.5, 0.6) is 5.75 Å². The zero-order valence-electron chi connectivity index (χ0n) is 11.4. The van der Waals surface area contributed by atoms with Crippen molar-refractivity contribution >= 4 is 29.0 Å². The summed E-state index contributed by atoms with van der Waals surface area (Å²) >= 11 is 0. The van der Waals surface area contributed by atoms with Crippen molar-refractivity contribution in [1.82, 2.24) is 14.4 Å². The van der Waals surface area contributed by atoms with E-state index in [2.05, 4.69) is 9.97 Å². The van der Waals surface area contributed by atoms with E-state index >= 15 is 0 Å². The van der Waals surface area contributed by atoms with Gasteiger partial charge in [0, 0.05) is 29.4 Å². The molecule has 110 valence electrons. The van der Waals surface area contributed by atoms with Crippen LogP contribution in [0.25, 0.3) is 27.8 Å². The number of pyridine rings is 2. The SMILES string of the molecule is Cl.O=c1ccc2c(-c3cn4ccccc4n3)ccc(O)c2[nH]1. The number of halogens is 1. The van der Waals surface area contributed by atoms with Crippen LogP contribution < -0.4 is 5.56 Å². The summed E-state index contributed by atoms with van der Waals surface area (Å²) in [6.45, 7) is 0. The second-order valence-electron chi connectivity index (χ2n) is 4.84. The van der Waals surface area contributed by atoms with Crippen molar-refractivity contribution in [2.24, 2.45) is 0 Å². The standard InChI is InChI=1S/C16H11N3O2.ClH/c20-13-6-4-10(11-5-7-15(21)18-16(11)13)12-9-19-8-2-1-3-14(19)17-12;/h1-9,20H,(H,18,21);1H. The van der Waals surface area contributed by atoms with Crippen LogP contribution in [0.15, 0.2) is 59.7 Å². The molecule has 0 saturated heterocycles. The Morgan fingerprint density at radius 3 is 2.77 bits per heavy atom. The van der Waals surface area contributed by atoms with E-state index in [9.17, 15) is 9.90 Å². The van der Waals surface area contributed by atoms with Crippen LogP contribution in [0.3, 0.4) is 0 Å². The number of aromatic nitrogens is 3. The number of benzene rings is 1. The molecule has 6 heteroatoms. The molecule has 0 amide bonds. The fraction of sp³-hybridized carbons (Fsp3) is 0. The van der Waals surface area contributed by atoms with Crippen LogP contribution in [0.1, 0.15) is 0 Å². The molecule has 4 aromatic rings. The third-order valence-electron chi connectivity index (χ3n) is 3.51. The molecule has 0 atom stereocenters. The average molecular weight is 314 g/mol. The van der Waals surface area contributed by atoms with Crippen molar-refractivity contribution in [2.75, 3.05) is 0 Å². The molecular formula is C16H12ClN3O2. The van der Waals surface area contributed by atoms with Gasteiger partial charge in [0.25, 0.3) is 0 Å². The number of rotatable bonds is 1. The van der Waals surface area contributed by atoms with Crippen LogP contribution in [0, 0.1) is 0 Å². The highest BCUT2D eigenvalue weighted by Gasteiger charge is 2.11. The maximum absolute atomic E-state index is 11.4. The maximum atomic E-state index is 11.4. The molecule has 0 radical (unpaired) electrons. The third-order valence-corrected chi connectivity index (χ3v) is 3.51. The number of nitrogens with one attached hydrogen (secondary N) is 1. The van der Waals surface area contributed by atoms with Crippen molar-refractivity contribution in [3.63, 3.8) is 0 Å². The smallest absolute Gasteiger partial charge is 0.248 e. The van der Waals surface area contributed by atoms with Gasteiger partial charge in [0.2, 0.25) is 5.56 Å². The highest BCUT2D eigenvalue weighted by Crippen LogP contribution is 2.31. The van der Waals surface area contributed by atoms with Crippen LogP contribution >= 0.6 is 12.4 Å². The zero-order valence-corrected chi connectivity index (χ0v) is 12.2. The fourth-order valence-corrected chi connectivity index (χ4v) is 2.52. The number of phenolic OH excluding ortho intramolecular Hbond substituents is 1. The molecule has 3 aromatic heterocycles. The molecule has 1 aromatic carbocycles. The van der Waals surface area contributed by atoms with Gasteiger partial charge in [-0.1, -0.05) is 6.07 Å². The highest BCUT2D eigenvalue weighted by atomic mass is 35.5. The van der Waals surface area contributed by atoms with E-state index in [0.717, 1.165) is 22.3 Å². The number of aromatic amines is 1. The lowest BCUT2D eigenvalue weighted by Crippen LogP contribution is -2.02. The molecule has 22 heavy (non-hydrogen) atoms. The van der Waals surface area contributed by atoms with Crippen molar-refractivity contribution in [3.8, 4) is 17.0 Å². The first kappa shape index (κ1) is 14.2. The van der Waals surface area contributed by atoms with E-state index in [-0.39, 0.29) is 23.7 Å². The van der Waals surface area contributed by atoms with Gasteiger partial charge < -0.3 is 14.5 Å². The van der Waals surface area contributed by atoms with Crippen LogP contribution in [0.4, 0.5) is 0 Å². The molecule has 0 aliphatic rings. The van der Waals surface area contributed by atoms with Gasteiger partial charge in [-0.05, 0) is 30.3 Å². The quantitative estimate of drug-likeness (QED) is 0.567. The Morgan fingerprint density at radius 1 is 1.09 bits per heavy atom. The minimum Gasteiger partial charge on any atom is -0.506 e. The average Bonchev–Trinajstić information content (AvgIpc) is 2.92. The van der Waals surface area contributed by atoms with Gasteiger partial charge in [0.15, 0.2) is 0 Å². The summed E-state index contributed by atoms with van der Waals surface area (Å²) in [6.07, 6.45) is 3.85. The summed E-state index contributed by atoms with van der Waals surface area (Å²) in [6, 6.07) is 12.3. The van der Waals surface area contributed by atoms with Crippen molar-refractivity contribution in [1.29, 1.82) is 0 Å². The minimum absolute atomic E-state index is 0. The Balaban J connectivity index is 0.00000144. The molecule has 5 nitrogen and oxygen atoms in total. The molecule has 0 aliphatic carbocycles. The van der Waals surface area contributed by atoms with E-state index in [4.69, 9.17) is 0 Å². The first-order chi connectivity index (χ1) is 10.2. The number of phenols is 1.